The Labute approximate surface area is 171 Å². The number of rotatable bonds is 3. The van der Waals surface area contributed by atoms with Crippen LogP contribution >= 0.6 is 27.5 Å². The number of aromatic nitrogens is 2. The molecule has 1 N–H and O–H groups in total. The first-order chi connectivity index (χ1) is 13.1. The molecule has 1 aliphatic heterocycles. The van der Waals surface area contributed by atoms with E-state index in [1.165, 1.54) is 0 Å². The van der Waals surface area contributed by atoms with Crippen molar-refractivity contribution < 1.29 is 4.79 Å². The van der Waals surface area contributed by atoms with Crippen molar-refractivity contribution in [1.82, 2.24) is 15.1 Å². The van der Waals surface area contributed by atoms with Crippen molar-refractivity contribution >= 4 is 39.3 Å². The molecule has 0 aliphatic carbocycles. The van der Waals surface area contributed by atoms with Crippen LogP contribution in [0.1, 0.15) is 10.4 Å². The molecule has 1 fully saturated rings. The fourth-order valence-corrected chi connectivity index (χ4v) is 3.72. The van der Waals surface area contributed by atoms with E-state index in [4.69, 9.17) is 11.6 Å². The molecule has 0 unspecified atom stereocenters. The number of nitrogens with one attached hydrogen (secondary N) is 1. The average Bonchev–Trinajstić information content (AvgIpc) is 3.18. The maximum absolute atomic E-state index is 12.7. The highest BCUT2D eigenvalue weighted by Gasteiger charge is 2.23. The minimum Gasteiger partial charge on any atom is -0.352 e. The first-order valence-electron chi connectivity index (χ1n) is 8.71. The number of H-pyrrole nitrogens is 1. The minimum atomic E-state index is 0.0693. The van der Waals surface area contributed by atoms with Crippen molar-refractivity contribution in [3.05, 3.63) is 69.7 Å². The number of hydrogen-bond acceptors (Lipinski definition) is 3. The van der Waals surface area contributed by atoms with E-state index in [2.05, 4.69) is 31.0 Å². The molecule has 1 amide bonds. The Morgan fingerprint density at radius 1 is 1.04 bits per heavy atom. The molecule has 1 aliphatic rings. The molecule has 3 aromatic rings. The Morgan fingerprint density at radius 3 is 2.48 bits per heavy atom. The lowest BCUT2D eigenvalue weighted by atomic mass is 10.1. The van der Waals surface area contributed by atoms with E-state index < -0.39 is 0 Å². The second-order valence-corrected chi connectivity index (χ2v) is 7.79. The number of hydrogen-bond donors (Lipinski definition) is 1. The Kier molecular flexibility index (Phi) is 5.18. The number of benzene rings is 2. The van der Waals surface area contributed by atoms with Crippen LogP contribution in [0.5, 0.6) is 0 Å². The molecule has 27 heavy (non-hydrogen) atoms. The summed E-state index contributed by atoms with van der Waals surface area (Å²) in [6.07, 6.45) is 0. The van der Waals surface area contributed by atoms with Crippen molar-refractivity contribution in [3.63, 3.8) is 0 Å². The van der Waals surface area contributed by atoms with Crippen LogP contribution in [0.3, 0.4) is 0 Å². The maximum atomic E-state index is 12.7. The van der Waals surface area contributed by atoms with Gasteiger partial charge in [-0.2, -0.15) is 5.10 Å². The highest BCUT2D eigenvalue weighted by molar-refractivity contribution is 9.10. The van der Waals surface area contributed by atoms with Gasteiger partial charge in [0.2, 0.25) is 0 Å². The number of carbonyl (C=O) groups excluding carboxylic acids is 1. The summed E-state index contributed by atoms with van der Waals surface area (Å²) in [7, 11) is 0. The van der Waals surface area contributed by atoms with Crippen LogP contribution in [-0.4, -0.2) is 47.2 Å². The number of anilines is 1. The Hall–Kier alpha value is -2.31. The fourth-order valence-electron chi connectivity index (χ4n) is 3.19. The van der Waals surface area contributed by atoms with Gasteiger partial charge >= 0.3 is 0 Å². The van der Waals surface area contributed by atoms with E-state index in [0.29, 0.717) is 23.7 Å². The molecule has 2 heterocycles. The van der Waals surface area contributed by atoms with Gasteiger partial charge in [-0.05, 0) is 35.9 Å². The van der Waals surface area contributed by atoms with Gasteiger partial charge in [0.15, 0.2) is 5.82 Å². The molecule has 4 rings (SSSR count). The fraction of sp³-hybridized carbons (Fsp3) is 0.200. The smallest absolute Gasteiger partial charge is 0.254 e. The third kappa shape index (κ3) is 4.01. The molecule has 1 saturated heterocycles. The summed E-state index contributed by atoms with van der Waals surface area (Å²) < 4.78 is 0.915. The van der Waals surface area contributed by atoms with Gasteiger partial charge in [0, 0.05) is 47.3 Å². The molecular formula is C20H18BrClN4O. The predicted octanol–water partition coefficient (Wildman–Crippen LogP) is 4.46. The van der Waals surface area contributed by atoms with Gasteiger partial charge in [-0.3, -0.25) is 9.89 Å². The van der Waals surface area contributed by atoms with Gasteiger partial charge in [-0.1, -0.05) is 45.7 Å². The van der Waals surface area contributed by atoms with E-state index in [1.807, 2.05) is 59.5 Å². The summed E-state index contributed by atoms with van der Waals surface area (Å²) in [5.41, 5.74) is 2.71. The highest BCUT2D eigenvalue weighted by atomic mass is 79.9. The molecule has 0 saturated carbocycles. The number of piperazine rings is 1. The maximum Gasteiger partial charge on any atom is 0.254 e. The zero-order valence-electron chi connectivity index (χ0n) is 14.5. The summed E-state index contributed by atoms with van der Waals surface area (Å²) in [5.74, 6) is 0.967. The highest BCUT2D eigenvalue weighted by Crippen LogP contribution is 2.24. The second kappa shape index (κ2) is 7.74. The van der Waals surface area contributed by atoms with Crippen LogP contribution in [0.25, 0.3) is 11.3 Å². The largest absolute Gasteiger partial charge is 0.352 e. The summed E-state index contributed by atoms with van der Waals surface area (Å²) in [6.45, 7) is 2.86. The second-order valence-electron chi connectivity index (χ2n) is 6.44. The molecule has 0 spiro atoms. The Balaban J connectivity index is 1.41. The number of nitrogens with zero attached hydrogens (tertiary/aromatic N) is 3. The van der Waals surface area contributed by atoms with Gasteiger partial charge < -0.3 is 9.80 Å². The number of carbonyl (C=O) groups is 1. The monoisotopic (exact) mass is 444 g/mol. The third-order valence-electron chi connectivity index (χ3n) is 4.68. The molecule has 0 bridgehead atoms. The third-order valence-corrected chi connectivity index (χ3v) is 5.43. The Morgan fingerprint density at radius 2 is 1.78 bits per heavy atom. The van der Waals surface area contributed by atoms with Crippen LogP contribution in [0.4, 0.5) is 5.82 Å². The zero-order chi connectivity index (χ0) is 18.8. The van der Waals surface area contributed by atoms with Gasteiger partial charge in [-0.15, -0.1) is 0 Å². The lowest BCUT2D eigenvalue weighted by molar-refractivity contribution is 0.0746. The van der Waals surface area contributed by atoms with E-state index in [-0.39, 0.29) is 5.91 Å². The average molecular weight is 446 g/mol. The summed E-state index contributed by atoms with van der Waals surface area (Å²) in [6, 6.07) is 17.2. The number of amides is 1. The molecule has 138 valence electrons. The van der Waals surface area contributed by atoms with Gasteiger partial charge in [0.05, 0.1) is 5.69 Å². The SMILES string of the molecule is O=C(c1cccc(Br)c1)N1CCN(c2cc(-c3ccc(Cl)cc3)[nH]n2)CC1. The lowest BCUT2D eigenvalue weighted by Gasteiger charge is -2.34. The van der Waals surface area contributed by atoms with Gasteiger partial charge in [0.1, 0.15) is 0 Å². The van der Waals surface area contributed by atoms with Gasteiger partial charge in [-0.25, -0.2) is 0 Å². The van der Waals surface area contributed by atoms with Crippen LogP contribution in [-0.2, 0) is 0 Å². The van der Waals surface area contributed by atoms with Crippen molar-refractivity contribution in [3.8, 4) is 11.3 Å². The van der Waals surface area contributed by atoms with E-state index in [0.717, 1.165) is 34.6 Å². The van der Waals surface area contributed by atoms with E-state index >= 15 is 0 Å². The summed E-state index contributed by atoms with van der Waals surface area (Å²) in [5, 5.41) is 8.23. The number of halogens is 2. The van der Waals surface area contributed by atoms with Crippen molar-refractivity contribution in [2.24, 2.45) is 0 Å². The molecule has 2 aromatic carbocycles. The van der Waals surface area contributed by atoms with E-state index in [1.54, 1.807) is 0 Å². The number of aromatic amines is 1. The van der Waals surface area contributed by atoms with Crippen LogP contribution in [0.2, 0.25) is 5.02 Å². The molecule has 0 atom stereocenters. The quantitative estimate of drug-likeness (QED) is 0.648. The summed E-state index contributed by atoms with van der Waals surface area (Å²) >= 11 is 9.37. The molecule has 7 heteroatoms. The minimum absolute atomic E-state index is 0.0693. The first-order valence-corrected chi connectivity index (χ1v) is 9.88. The normalized spacial score (nSPS) is 14.4. The first kappa shape index (κ1) is 18.1. The zero-order valence-corrected chi connectivity index (χ0v) is 16.9. The Bertz CT molecular complexity index is 949. The topological polar surface area (TPSA) is 52.2 Å². The standard InChI is InChI=1S/C20H18BrClN4O/c21-16-3-1-2-15(12-16)20(27)26-10-8-25(9-11-26)19-13-18(23-24-19)14-4-6-17(22)7-5-14/h1-7,12-13H,8-11H2,(H,23,24). The van der Waals surface area contributed by atoms with Crippen LogP contribution < -0.4 is 4.90 Å². The molecule has 5 nitrogen and oxygen atoms in total. The van der Waals surface area contributed by atoms with Crippen molar-refractivity contribution in [2.75, 3.05) is 31.1 Å². The molecular weight excluding hydrogens is 428 g/mol. The van der Waals surface area contributed by atoms with Crippen LogP contribution in [0.15, 0.2) is 59.1 Å². The molecule has 0 radical (unpaired) electrons. The lowest BCUT2D eigenvalue weighted by Crippen LogP contribution is -2.48. The van der Waals surface area contributed by atoms with E-state index in [9.17, 15) is 4.79 Å². The van der Waals surface area contributed by atoms with Gasteiger partial charge in [0.25, 0.3) is 5.91 Å². The van der Waals surface area contributed by atoms with Crippen LogP contribution in [0, 0.1) is 0 Å². The summed E-state index contributed by atoms with van der Waals surface area (Å²) in [4.78, 5) is 16.8. The van der Waals surface area contributed by atoms with Crippen molar-refractivity contribution in [2.45, 2.75) is 0 Å². The van der Waals surface area contributed by atoms with Crippen molar-refractivity contribution in [1.29, 1.82) is 0 Å². The molecule has 1 aromatic heterocycles. The predicted molar refractivity (Wildman–Crippen MR) is 111 cm³/mol.